The number of hydrogen-bond donors (Lipinski definition) is 3. The van der Waals surface area contributed by atoms with Crippen LogP contribution in [0.2, 0.25) is 0 Å². The first-order valence-electron chi connectivity index (χ1n) is 5.28. The number of aliphatic hydroxyl groups excluding tert-OH is 1. The second-order valence-electron chi connectivity index (χ2n) is 3.68. The smallest absolute Gasteiger partial charge is 0.0940 e. The maximum atomic E-state index is 9.04. The van der Waals surface area contributed by atoms with Gasteiger partial charge in [-0.3, -0.25) is 9.97 Å². The van der Waals surface area contributed by atoms with Gasteiger partial charge in [0.05, 0.1) is 11.4 Å². The molecule has 0 unspecified atom stereocenters. The van der Waals surface area contributed by atoms with Gasteiger partial charge in [-0.05, 0) is 24.6 Å². The van der Waals surface area contributed by atoms with Gasteiger partial charge in [-0.15, -0.1) is 0 Å². The van der Waals surface area contributed by atoms with E-state index in [1.807, 2.05) is 0 Å². The number of aliphatic hydroxyl groups is 1. The Morgan fingerprint density at radius 1 is 1.12 bits per heavy atom. The molecule has 0 bridgehead atoms. The van der Waals surface area contributed by atoms with Crippen LogP contribution in [0.15, 0.2) is 30.6 Å². The molecule has 0 amide bonds. The molecule has 0 aliphatic rings. The molecule has 0 atom stereocenters. The van der Waals surface area contributed by atoms with E-state index in [4.69, 9.17) is 16.6 Å². The van der Waals surface area contributed by atoms with Gasteiger partial charge < -0.3 is 16.6 Å². The molecule has 17 heavy (non-hydrogen) atoms. The van der Waals surface area contributed by atoms with E-state index in [1.165, 1.54) is 0 Å². The molecule has 2 heterocycles. The molecule has 0 saturated carbocycles. The molecule has 0 aliphatic heterocycles. The molecule has 2 aromatic rings. The van der Waals surface area contributed by atoms with Crippen LogP contribution >= 0.6 is 0 Å². The van der Waals surface area contributed by atoms with E-state index in [-0.39, 0.29) is 6.61 Å². The number of rotatable bonds is 3. The summed E-state index contributed by atoms with van der Waals surface area (Å²) in [5.74, 6) is 0. The van der Waals surface area contributed by atoms with Gasteiger partial charge >= 0.3 is 0 Å². The van der Waals surface area contributed by atoms with Crippen LogP contribution in [0.25, 0.3) is 11.4 Å². The van der Waals surface area contributed by atoms with E-state index in [0.717, 1.165) is 5.56 Å². The van der Waals surface area contributed by atoms with E-state index in [0.29, 0.717) is 29.2 Å². The maximum Gasteiger partial charge on any atom is 0.0940 e. The molecule has 5 heteroatoms. The van der Waals surface area contributed by atoms with Gasteiger partial charge in [0.1, 0.15) is 0 Å². The van der Waals surface area contributed by atoms with E-state index in [1.54, 1.807) is 30.6 Å². The zero-order chi connectivity index (χ0) is 12.3. The summed E-state index contributed by atoms with van der Waals surface area (Å²) in [5, 5.41) is 9.04. The van der Waals surface area contributed by atoms with Crippen LogP contribution in [0.4, 0.5) is 11.4 Å². The second kappa shape index (κ2) is 4.80. The Labute approximate surface area is 99.1 Å². The Morgan fingerprint density at radius 3 is 2.59 bits per heavy atom. The van der Waals surface area contributed by atoms with E-state index in [9.17, 15) is 0 Å². The van der Waals surface area contributed by atoms with Crippen molar-refractivity contribution in [3.8, 4) is 11.4 Å². The number of anilines is 2. The van der Waals surface area contributed by atoms with E-state index < -0.39 is 0 Å². The number of hydrogen-bond acceptors (Lipinski definition) is 5. The van der Waals surface area contributed by atoms with Gasteiger partial charge in [-0.25, -0.2) is 0 Å². The van der Waals surface area contributed by atoms with E-state index in [2.05, 4.69) is 9.97 Å². The lowest BCUT2D eigenvalue weighted by Crippen LogP contribution is -2.03. The van der Waals surface area contributed by atoms with Crippen molar-refractivity contribution in [1.29, 1.82) is 0 Å². The highest BCUT2D eigenvalue weighted by Crippen LogP contribution is 2.25. The van der Waals surface area contributed by atoms with Crippen molar-refractivity contribution in [1.82, 2.24) is 9.97 Å². The largest absolute Gasteiger partial charge is 0.399 e. The van der Waals surface area contributed by atoms with Crippen LogP contribution in [0.3, 0.4) is 0 Å². The summed E-state index contributed by atoms with van der Waals surface area (Å²) in [4.78, 5) is 8.47. The minimum absolute atomic E-state index is 0.0191. The summed E-state index contributed by atoms with van der Waals surface area (Å²) in [6, 6.07) is 5.16. The first-order chi connectivity index (χ1) is 8.22. The Morgan fingerprint density at radius 2 is 1.88 bits per heavy atom. The number of pyridine rings is 2. The maximum absolute atomic E-state index is 9.04. The lowest BCUT2D eigenvalue weighted by Gasteiger charge is -2.09. The van der Waals surface area contributed by atoms with Crippen molar-refractivity contribution in [3.63, 3.8) is 0 Å². The van der Waals surface area contributed by atoms with Crippen LogP contribution in [-0.2, 0) is 6.42 Å². The fourth-order valence-electron chi connectivity index (χ4n) is 1.68. The lowest BCUT2D eigenvalue weighted by atomic mass is 10.1. The number of nitrogen functional groups attached to an aromatic ring is 2. The summed E-state index contributed by atoms with van der Waals surface area (Å²) in [6.07, 6.45) is 3.69. The van der Waals surface area contributed by atoms with Crippen LogP contribution < -0.4 is 11.5 Å². The molecule has 2 aromatic heterocycles. The molecule has 5 nitrogen and oxygen atoms in total. The van der Waals surface area contributed by atoms with Crippen molar-refractivity contribution in [2.45, 2.75) is 6.42 Å². The molecular formula is C12H14N4O. The summed E-state index contributed by atoms with van der Waals surface area (Å²) >= 11 is 0. The van der Waals surface area contributed by atoms with Crippen LogP contribution in [0.5, 0.6) is 0 Å². The van der Waals surface area contributed by atoms with Gasteiger partial charge in [0.15, 0.2) is 0 Å². The Bertz CT molecular complexity index is 528. The molecule has 5 N–H and O–H groups in total. The molecular weight excluding hydrogens is 216 g/mol. The average molecular weight is 230 g/mol. The molecule has 0 aromatic carbocycles. The first kappa shape index (κ1) is 11.3. The van der Waals surface area contributed by atoms with Crippen molar-refractivity contribution in [3.05, 3.63) is 36.2 Å². The molecule has 0 aliphatic carbocycles. The quantitative estimate of drug-likeness (QED) is 0.725. The molecule has 88 valence electrons. The standard InChI is InChI=1S/C12H14N4O/c13-8-1-4-15-11(7-8)12-9(3-6-17)10(14)2-5-16-12/h1-2,4-5,7,17H,3,6H2,(H2,13,15)(H2,14,16). The summed E-state index contributed by atoms with van der Waals surface area (Å²) in [5.41, 5.74) is 14.9. The topological polar surface area (TPSA) is 98.0 Å². The third-order valence-electron chi connectivity index (χ3n) is 2.48. The predicted molar refractivity (Wildman–Crippen MR) is 67.1 cm³/mol. The van der Waals surface area contributed by atoms with Gasteiger partial charge in [0, 0.05) is 35.9 Å². The Balaban J connectivity index is 2.54. The van der Waals surface area contributed by atoms with Crippen molar-refractivity contribution in [2.75, 3.05) is 18.1 Å². The fraction of sp³-hybridized carbons (Fsp3) is 0.167. The summed E-state index contributed by atoms with van der Waals surface area (Å²) in [7, 11) is 0. The highest BCUT2D eigenvalue weighted by molar-refractivity contribution is 5.68. The Kier molecular flexibility index (Phi) is 3.20. The Hall–Kier alpha value is -2.14. The fourth-order valence-corrected chi connectivity index (χ4v) is 1.68. The molecule has 0 fully saturated rings. The second-order valence-corrected chi connectivity index (χ2v) is 3.68. The van der Waals surface area contributed by atoms with Crippen LogP contribution in [0.1, 0.15) is 5.56 Å². The number of nitrogens with two attached hydrogens (primary N) is 2. The lowest BCUT2D eigenvalue weighted by molar-refractivity contribution is 0.300. The molecule has 0 saturated heterocycles. The third-order valence-corrected chi connectivity index (χ3v) is 2.48. The molecule has 0 radical (unpaired) electrons. The monoisotopic (exact) mass is 230 g/mol. The highest BCUT2D eigenvalue weighted by Gasteiger charge is 2.10. The van der Waals surface area contributed by atoms with Gasteiger partial charge in [0.25, 0.3) is 0 Å². The number of aromatic nitrogens is 2. The zero-order valence-electron chi connectivity index (χ0n) is 9.30. The third kappa shape index (κ3) is 2.34. The number of nitrogens with zero attached hydrogens (tertiary/aromatic N) is 2. The van der Waals surface area contributed by atoms with Crippen LogP contribution in [-0.4, -0.2) is 21.7 Å². The highest BCUT2D eigenvalue weighted by atomic mass is 16.2. The van der Waals surface area contributed by atoms with Crippen molar-refractivity contribution >= 4 is 11.4 Å². The van der Waals surface area contributed by atoms with Crippen LogP contribution in [0, 0.1) is 0 Å². The summed E-state index contributed by atoms with van der Waals surface area (Å²) in [6.45, 7) is 0.0191. The van der Waals surface area contributed by atoms with E-state index >= 15 is 0 Å². The minimum atomic E-state index is 0.0191. The SMILES string of the molecule is Nc1ccnc(-c2nccc(N)c2CCO)c1. The normalized spacial score (nSPS) is 10.4. The van der Waals surface area contributed by atoms with Gasteiger partial charge in [-0.1, -0.05) is 0 Å². The van der Waals surface area contributed by atoms with Gasteiger partial charge in [0.2, 0.25) is 0 Å². The van der Waals surface area contributed by atoms with Crippen molar-refractivity contribution in [2.24, 2.45) is 0 Å². The van der Waals surface area contributed by atoms with Crippen molar-refractivity contribution < 1.29 is 5.11 Å². The minimum Gasteiger partial charge on any atom is -0.399 e. The average Bonchev–Trinajstić information content (AvgIpc) is 2.32. The summed E-state index contributed by atoms with van der Waals surface area (Å²) < 4.78 is 0. The van der Waals surface area contributed by atoms with Gasteiger partial charge in [-0.2, -0.15) is 0 Å². The predicted octanol–water partition coefficient (Wildman–Crippen LogP) is 0.843. The molecule has 2 rings (SSSR count). The molecule has 0 spiro atoms. The zero-order valence-corrected chi connectivity index (χ0v) is 9.30. The first-order valence-corrected chi connectivity index (χ1v) is 5.28.